The van der Waals surface area contributed by atoms with Gasteiger partial charge in [-0.25, -0.2) is 4.98 Å². The lowest BCUT2D eigenvalue weighted by molar-refractivity contribution is -0.138. The molecule has 0 spiro atoms. The minimum atomic E-state index is -0.793. The van der Waals surface area contributed by atoms with Crippen molar-refractivity contribution in [1.82, 2.24) is 9.88 Å². The van der Waals surface area contributed by atoms with Crippen LogP contribution in [-0.2, 0) is 4.79 Å². The topological polar surface area (TPSA) is 71.9 Å². The molecule has 0 bridgehead atoms. The summed E-state index contributed by atoms with van der Waals surface area (Å²) in [5, 5.41) is 9.58. The van der Waals surface area contributed by atoms with E-state index in [4.69, 9.17) is 14.6 Å². The molecular weight excluding hydrogens is 364 g/mol. The van der Waals surface area contributed by atoms with E-state index in [-0.39, 0.29) is 6.54 Å². The number of hydrogen-bond acceptors (Lipinski definition) is 6. The number of fused-ring (bicyclic) bond motifs is 1. The fraction of sp³-hybridized carbons (Fsp3) is 0.300. The number of aliphatic carboxylic acids is 1. The maximum atomic E-state index is 10.9. The summed E-state index contributed by atoms with van der Waals surface area (Å²) in [5.74, 6) is 0.642. The smallest absolute Gasteiger partial charge is 0.317 e. The minimum Gasteiger partial charge on any atom is -0.492 e. The summed E-state index contributed by atoms with van der Waals surface area (Å²) in [6, 6.07) is 15.7. The Morgan fingerprint density at radius 2 is 1.89 bits per heavy atom. The van der Waals surface area contributed by atoms with Crippen LogP contribution in [0.3, 0.4) is 0 Å². The lowest BCUT2D eigenvalue weighted by Gasteiger charge is -2.19. The van der Waals surface area contributed by atoms with Gasteiger partial charge in [-0.05, 0) is 49.2 Å². The fourth-order valence-corrected chi connectivity index (χ4v) is 3.72. The van der Waals surface area contributed by atoms with Gasteiger partial charge in [0.1, 0.15) is 18.1 Å². The van der Waals surface area contributed by atoms with Gasteiger partial charge in [-0.1, -0.05) is 23.5 Å². The molecular formula is C20H20N2O4S. The summed E-state index contributed by atoms with van der Waals surface area (Å²) in [7, 11) is 0. The number of carbonyl (C=O) groups is 1. The maximum absolute atomic E-state index is 10.9. The quantitative estimate of drug-likeness (QED) is 0.601. The number of para-hydroxylation sites is 1. The molecule has 1 aliphatic carbocycles. The molecule has 0 aliphatic heterocycles. The van der Waals surface area contributed by atoms with E-state index in [1.165, 1.54) is 11.3 Å². The Labute approximate surface area is 161 Å². The predicted molar refractivity (Wildman–Crippen MR) is 104 cm³/mol. The first-order valence-electron chi connectivity index (χ1n) is 8.89. The highest BCUT2D eigenvalue weighted by Crippen LogP contribution is 2.31. The number of rotatable bonds is 9. The van der Waals surface area contributed by atoms with Gasteiger partial charge in [0.05, 0.1) is 16.8 Å². The van der Waals surface area contributed by atoms with Crippen molar-refractivity contribution < 1.29 is 19.4 Å². The first kappa shape index (κ1) is 17.8. The number of carboxylic acids is 1. The van der Waals surface area contributed by atoms with E-state index in [1.807, 2.05) is 53.4 Å². The molecule has 7 heteroatoms. The minimum absolute atomic E-state index is 0.0724. The number of nitrogens with zero attached hydrogens (tertiary/aromatic N) is 2. The molecule has 1 N–H and O–H groups in total. The Morgan fingerprint density at radius 1 is 1.15 bits per heavy atom. The molecule has 6 nitrogen and oxygen atoms in total. The summed E-state index contributed by atoms with van der Waals surface area (Å²) in [5.41, 5.74) is 0.930. The van der Waals surface area contributed by atoms with Gasteiger partial charge in [-0.15, -0.1) is 0 Å². The number of aromatic nitrogens is 1. The van der Waals surface area contributed by atoms with Crippen LogP contribution >= 0.6 is 11.3 Å². The Bertz CT molecular complexity index is 888. The number of thiazole rings is 1. The molecule has 4 rings (SSSR count). The largest absolute Gasteiger partial charge is 0.492 e. The number of ether oxygens (including phenoxy) is 2. The van der Waals surface area contributed by atoms with Crippen molar-refractivity contribution in [2.45, 2.75) is 18.9 Å². The van der Waals surface area contributed by atoms with Gasteiger partial charge in [0.15, 0.2) is 0 Å². The van der Waals surface area contributed by atoms with Crippen molar-refractivity contribution in [3.05, 3.63) is 48.5 Å². The van der Waals surface area contributed by atoms with Gasteiger partial charge in [-0.3, -0.25) is 9.69 Å². The van der Waals surface area contributed by atoms with Gasteiger partial charge >= 0.3 is 5.97 Å². The van der Waals surface area contributed by atoms with Crippen molar-refractivity contribution in [3.63, 3.8) is 0 Å². The second-order valence-electron chi connectivity index (χ2n) is 6.46. The molecule has 140 valence electrons. The summed E-state index contributed by atoms with van der Waals surface area (Å²) in [6.45, 7) is 1.14. The van der Waals surface area contributed by atoms with E-state index < -0.39 is 5.97 Å². The van der Waals surface area contributed by atoms with Crippen LogP contribution in [0.4, 0.5) is 0 Å². The maximum Gasteiger partial charge on any atom is 0.317 e. The van der Waals surface area contributed by atoms with Crippen LogP contribution in [0.5, 0.6) is 16.7 Å². The Kier molecular flexibility index (Phi) is 5.22. The Balaban J connectivity index is 1.30. The molecule has 1 saturated carbocycles. The third-order valence-corrected chi connectivity index (χ3v) is 5.27. The average Bonchev–Trinajstić information content (AvgIpc) is 3.42. The van der Waals surface area contributed by atoms with Gasteiger partial charge in [0.25, 0.3) is 5.19 Å². The van der Waals surface area contributed by atoms with Crippen molar-refractivity contribution in [3.8, 4) is 16.7 Å². The zero-order chi connectivity index (χ0) is 18.6. The zero-order valence-corrected chi connectivity index (χ0v) is 15.5. The van der Waals surface area contributed by atoms with Crippen LogP contribution in [0.15, 0.2) is 48.5 Å². The van der Waals surface area contributed by atoms with Crippen LogP contribution in [0.2, 0.25) is 0 Å². The molecule has 2 aromatic carbocycles. The Hall–Kier alpha value is -2.64. The Morgan fingerprint density at radius 3 is 2.59 bits per heavy atom. The SMILES string of the molecule is O=C(O)CN(CCOc1ccc(Oc2nc3ccccc3s2)cc1)C1CC1. The van der Waals surface area contributed by atoms with Gasteiger partial charge < -0.3 is 14.6 Å². The van der Waals surface area contributed by atoms with E-state index in [0.29, 0.717) is 30.1 Å². The van der Waals surface area contributed by atoms with Gasteiger partial charge in [-0.2, -0.15) is 0 Å². The summed E-state index contributed by atoms with van der Waals surface area (Å²) >= 11 is 1.51. The third-order valence-electron chi connectivity index (χ3n) is 4.35. The first-order valence-corrected chi connectivity index (χ1v) is 9.71. The second-order valence-corrected chi connectivity index (χ2v) is 7.46. The lowest BCUT2D eigenvalue weighted by atomic mass is 10.3. The second kappa shape index (κ2) is 7.94. The lowest BCUT2D eigenvalue weighted by Crippen LogP contribution is -2.35. The molecule has 27 heavy (non-hydrogen) atoms. The molecule has 0 amide bonds. The van der Waals surface area contributed by atoms with E-state index in [2.05, 4.69) is 4.98 Å². The molecule has 0 atom stereocenters. The highest BCUT2D eigenvalue weighted by atomic mass is 32.1. The standard InChI is InChI=1S/C20H20N2O4S/c23-19(24)13-22(14-5-6-14)11-12-25-15-7-9-16(10-8-15)26-20-21-17-3-1-2-4-18(17)27-20/h1-4,7-10,14H,5-6,11-13H2,(H,23,24). The van der Waals surface area contributed by atoms with E-state index in [0.717, 1.165) is 28.8 Å². The normalized spacial score (nSPS) is 13.8. The van der Waals surface area contributed by atoms with Crippen LogP contribution in [0, 0.1) is 0 Å². The molecule has 1 heterocycles. The molecule has 0 radical (unpaired) electrons. The third kappa shape index (κ3) is 4.75. The van der Waals surface area contributed by atoms with Crippen molar-refractivity contribution in [1.29, 1.82) is 0 Å². The zero-order valence-electron chi connectivity index (χ0n) is 14.7. The van der Waals surface area contributed by atoms with Crippen molar-refractivity contribution >= 4 is 27.5 Å². The van der Waals surface area contributed by atoms with Crippen LogP contribution < -0.4 is 9.47 Å². The molecule has 1 aromatic heterocycles. The summed E-state index contributed by atoms with van der Waals surface area (Å²) in [4.78, 5) is 17.3. The van der Waals surface area contributed by atoms with Crippen LogP contribution in [0.1, 0.15) is 12.8 Å². The number of benzene rings is 2. The summed E-state index contributed by atoms with van der Waals surface area (Å²) in [6.07, 6.45) is 2.15. The molecule has 1 aliphatic rings. The molecule has 0 saturated heterocycles. The van der Waals surface area contributed by atoms with Gasteiger partial charge in [0, 0.05) is 12.6 Å². The van der Waals surface area contributed by atoms with Gasteiger partial charge in [0.2, 0.25) is 0 Å². The monoisotopic (exact) mass is 384 g/mol. The molecule has 0 unspecified atom stereocenters. The van der Waals surface area contributed by atoms with Crippen LogP contribution in [-0.4, -0.2) is 46.7 Å². The van der Waals surface area contributed by atoms with E-state index in [1.54, 1.807) is 0 Å². The highest BCUT2D eigenvalue weighted by Gasteiger charge is 2.29. The van der Waals surface area contributed by atoms with Crippen molar-refractivity contribution in [2.75, 3.05) is 19.7 Å². The van der Waals surface area contributed by atoms with E-state index in [9.17, 15) is 4.79 Å². The van der Waals surface area contributed by atoms with Crippen LogP contribution in [0.25, 0.3) is 10.2 Å². The number of hydrogen-bond donors (Lipinski definition) is 1. The van der Waals surface area contributed by atoms with E-state index >= 15 is 0 Å². The molecule has 1 fully saturated rings. The average molecular weight is 384 g/mol. The van der Waals surface area contributed by atoms with Crippen molar-refractivity contribution in [2.24, 2.45) is 0 Å². The highest BCUT2D eigenvalue weighted by molar-refractivity contribution is 7.20. The number of carboxylic acid groups (broad SMARTS) is 1. The fourth-order valence-electron chi connectivity index (χ4n) is 2.88. The summed E-state index contributed by atoms with van der Waals surface area (Å²) < 4.78 is 12.7. The predicted octanol–water partition coefficient (Wildman–Crippen LogP) is 4.02. The molecule has 3 aromatic rings. The first-order chi connectivity index (χ1) is 13.2.